The van der Waals surface area contributed by atoms with Crippen LogP contribution in [-0.2, 0) is 14.4 Å². The number of carbonyl (C=O) groups excluding carboxylic acids is 1. The van der Waals surface area contributed by atoms with Gasteiger partial charge in [-0.1, -0.05) is 11.6 Å². The number of aryl methyl sites for hydroxylation is 1. The fraction of sp³-hybridized carbons (Fsp3) is 0.308. The number of rotatable bonds is 7. The fourth-order valence-electron chi connectivity index (χ4n) is 1.53. The highest BCUT2D eigenvalue weighted by Gasteiger charge is 2.23. The molecule has 1 aromatic carbocycles. The van der Waals surface area contributed by atoms with Gasteiger partial charge >= 0.3 is 11.9 Å². The summed E-state index contributed by atoms with van der Waals surface area (Å²) >= 11 is 5.78. The third-order valence-corrected chi connectivity index (χ3v) is 2.74. The van der Waals surface area contributed by atoms with Crippen LogP contribution in [0, 0.1) is 6.92 Å². The van der Waals surface area contributed by atoms with Crippen LogP contribution in [0.5, 0.6) is 5.75 Å². The smallest absolute Gasteiger partial charge is 0.326 e. The van der Waals surface area contributed by atoms with Crippen molar-refractivity contribution in [1.82, 2.24) is 5.32 Å². The quantitative estimate of drug-likeness (QED) is 0.693. The molecule has 0 aliphatic rings. The monoisotopic (exact) mass is 315 g/mol. The number of carboxylic acids is 2. The van der Waals surface area contributed by atoms with Gasteiger partial charge in [-0.25, -0.2) is 4.79 Å². The Morgan fingerprint density at radius 1 is 1.33 bits per heavy atom. The normalized spacial score (nSPS) is 11.5. The maximum absolute atomic E-state index is 11.6. The van der Waals surface area contributed by atoms with Crippen molar-refractivity contribution in [2.24, 2.45) is 0 Å². The summed E-state index contributed by atoms with van der Waals surface area (Å²) in [6.45, 7) is 1.31. The molecule has 8 heteroatoms. The zero-order valence-corrected chi connectivity index (χ0v) is 11.9. The SMILES string of the molecule is Cc1cc(Cl)ccc1OCC(=O)N[C@H](CC(=O)O)C(=O)O. The number of amides is 1. The third-order valence-electron chi connectivity index (χ3n) is 2.51. The number of hydrogen-bond acceptors (Lipinski definition) is 4. The number of halogens is 1. The van der Waals surface area contributed by atoms with Crippen molar-refractivity contribution in [2.45, 2.75) is 19.4 Å². The fourth-order valence-corrected chi connectivity index (χ4v) is 1.76. The van der Waals surface area contributed by atoms with Gasteiger partial charge in [0.15, 0.2) is 6.61 Å². The van der Waals surface area contributed by atoms with Gasteiger partial charge in [-0.2, -0.15) is 0 Å². The lowest BCUT2D eigenvalue weighted by molar-refractivity contribution is -0.147. The predicted molar refractivity (Wildman–Crippen MR) is 73.5 cm³/mol. The van der Waals surface area contributed by atoms with Crippen molar-refractivity contribution >= 4 is 29.4 Å². The molecule has 0 saturated heterocycles. The van der Waals surface area contributed by atoms with Crippen LogP contribution < -0.4 is 10.1 Å². The van der Waals surface area contributed by atoms with E-state index in [-0.39, 0.29) is 0 Å². The Hall–Kier alpha value is -2.28. The van der Waals surface area contributed by atoms with Crippen LogP contribution in [0.25, 0.3) is 0 Å². The average molecular weight is 316 g/mol. The molecule has 0 spiro atoms. The summed E-state index contributed by atoms with van der Waals surface area (Å²) in [5.41, 5.74) is 0.718. The van der Waals surface area contributed by atoms with Crippen LogP contribution >= 0.6 is 11.6 Å². The number of benzene rings is 1. The van der Waals surface area contributed by atoms with Crippen molar-refractivity contribution in [2.75, 3.05) is 6.61 Å². The lowest BCUT2D eigenvalue weighted by atomic mass is 10.2. The van der Waals surface area contributed by atoms with Crippen molar-refractivity contribution in [3.05, 3.63) is 28.8 Å². The van der Waals surface area contributed by atoms with Crippen LogP contribution in [0.1, 0.15) is 12.0 Å². The van der Waals surface area contributed by atoms with Gasteiger partial charge in [-0.3, -0.25) is 9.59 Å². The molecule has 0 aliphatic carbocycles. The maximum Gasteiger partial charge on any atom is 0.326 e. The highest BCUT2D eigenvalue weighted by molar-refractivity contribution is 6.30. The minimum absolute atomic E-state index is 0.425. The van der Waals surface area contributed by atoms with Gasteiger partial charge in [0.25, 0.3) is 5.91 Å². The lowest BCUT2D eigenvalue weighted by Gasteiger charge is -2.13. The molecular formula is C13H14ClNO6. The van der Waals surface area contributed by atoms with Gasteiger partial charge in [0, 0.05) is 5.02 Å². The van der Waals surface area contributed by atoms with Gasteiger partial charge in [0.2, 0.25) is 0 Å². The van der Waals surface area contributed by atoms with E-state index in [4.69, 9.17) is 26.6 Å². The Morgan fingerprint density at radius 2 is 2.00 bits per heavy atom. The van der Waals surface area contributed by atoms with Crippen LogP contribution in [-0.4, -0.2) is 40.7 Å². The standard InChI is InChI=1S/C13H14ClNO6/c1-7-4-8(14)2-3-10(7)21-6-11(16)15-9(13(19)20)5-12(17)18/h2-4,9H,5-6H2,1H3,(H,15,16)(H,17,18)(H,19,20)/t9-/m1/s1. The largest absolute Gasteiger partial charge is 0.484 e. The summed E-state index contributed by atoms with van der Waals surface area (Å²) in [5, 5.41) is 20.0. The molecule has 0 aliphatic heterocycles. The first-order valence-corrected chi connectivity index (χ1v) is 6.30. The highest BCUT2D eigenvalue weighted by atomic mass is 35.5. The molecule has 0 radical (unpaired) electrons. The summed E-state index contributed by atoms with van der Waals surface area (Å²) in [6.07, 6.45) is -0.707. The van der Waals surface area contributed by atoms with Crippen molar-refractivity contribution < 1.29 is 29.3 Å². The van der Waals surface area contributed by atoms with Crippen LogP contribution in [0.4, 0.5) is 0 Å². The number of aliphatic carboxylic acids is 2. The molecule has 3 N–H and O–H groups in total. The van der Waals surface area contributed by atoms with Crippen molar-refractivity contribution in [3.63, 3.8) is 0 Å². The molecule has 0 aromatic heterocycles. The Labute approximate surface area is 125 Å². The summed E-state index contributed by atoms with van der Waals surface area (Å²) in [4.78, 5) is 32.9. The summed E-state index contributed by atoms with van der Waals surface area (Å²) in [7, 11) is 0. The predicted octanol–water partition coefficient (Wildman–Crippen LogP) is 1.07. The van der Waals surface area contributed by atoms with Crippen molar-refractivity contribution in [3.8, 4) is 5.75 Å². The molecule has 0 saturated carbocycles. The van der Waals surface area contributed by atoms with E-state index in [0.29, 0.717) is 10.8 Å². The zero-order chi connectivity index (χ0) is 16.0. The molecule has 1 rings (SSSR count). The molecule has 0 bridgehead atoms. The van der Waals surface area contributed by atoms with Crippen LogP contribution in [0.3, 0.4) is 0 Å². The van der Waals surface area contributed by atoms with Crippen molar-refractivity contribution in [1.29, 1.82) is 0 Å². The molecule has 0 unspecified atom stereocenters. The Kier molecular flexibility index (Phi) is 5.98. The minimum atomic E-state index is -1.50. The summed E-state index contributed by atoms with van der Waals surface area (Å²) in [6, 6.07) is 3.33. The summed E-state index contributed by atoms with van der Waals surface area (Å²) < 4.78 is 5.23. The number of ether oxygens (including phenoxy) is 1. The molecule has 1 atom stereocenters. The number of carbonyl (C=O) groups is 3. The first-order valence-electron chi connectivity index (χ1n) is 5.92. The van der Waals surface area contributed by atoms with E-state index >= 15 is 0 Å². The lowest BCUT2D eigenvalue weighted by Crippen LogP contribution is -2.44. The molecule has 7 nitrogen and oxygen atoms in total. The molecular weight excluding hydrogens is 302 g/mol. The molecule has 1 amide bonds. The second kappa shape index (κ2) is 7.49. The van der Waals surface area contributed by atoms with E-state index in [1.54, 1.807) is 25.1 Å². The minimum Gasteiger partial charge on any atom is -0.484 e. The molecule has 0 heterocycles. The molecule has 0 fully saturated rings. The van der Waals surface area contributed by atoms with Crippen LogP contribution in [0.15, 0.2) is 18.2 Å². The number of nitrogens with one attached hydrogen (secondary N) is 1. The third kappa shape index (κ3) is 5.70. The number of carboxylic acid groups (broad SMARTS) is 2. The first-order chi connectivity index (χ1) is 9.79. The molecule has 21 heavy (non-hydrogen) atoms. The maximum atomic E-state index is 11.6. The van der Waals surface area contributed by atoms with Crippen LogP contribution in [0.2, 0.25) is 5.02 Å². The van der Waals surface area contributed by atoms with Gasteiger partial charge in [0.05, 0.1) is 6.42 Å². The zero-order valence-electron chi connectivity index (χ0n) is 11.1. The Morgan fingerprint density at radius 3 is 2.52 bits per heavy atom. The second-order valence-electron chi connectivity index (χ2n) is 4.25. The topological polar surface area (TPSA) is 113 Å². The van der Waals surface area contributed by atoms with Gasteiger partial charge in [0.1, 0.15) is 11.8 Å². The van der Waals surface area contributed by atoms with Gasteiger partial charge in [-0.05, 0) is 30.7 Å². The number of hydrogen-bond donors (Lipinski definition) is 3. The highest BCUT2D eigenvalue weighted by Crippen LogP contribution is 2.21. The average Bonchev–Trinajstić information content (AvgIpc) is 2.36. The Balaban J connectivity index is 2.56. The van der Waals surface area contributed by atoms with Gasteiger partial charge < -0.3 is 20.3 Å². The van der Waals surface area contributed by atoms with E-state index in [0.717, 1.165) is 5.56 Å². The molecule has 114 valence electrons. The van der Waals surface area contributed by atoms with E-state index < -0.39 is 36.9 Å². The van der Waals surface area contributed by atoms with Gasteiger partial charge in [-0.15, -0.1) is 0 Å². The second-order valence-corrected chi connectivity index (χ2v) is 4.69. The first kappa shape index (κ1) is 16.8. The van der Waals surface area contributed by atoms with E-state index in [9.17, 15) is 14.4 Å². The van der Waals surface area contributed by atoms with E-state index in [1.165, 1.54) is 0 Å². The summed E-state index contributed by atoms with van der Waals surface area (Å²) in [5.74, 6) is -3.04. The van der Waals surface area contributed by atoms with E-state index in [1.807, 2.05) is 0 Å². The Bertz CT molecular complexity index is 560. The van der Waals surface area contributed by atoms with E-state index in [2.05, 4.69) is 5.32 Å². The molecule has 1 aromatic rings.